The van der Waals surface area contributed by atoms with E-state index in [4.69, 9.17) is 14.9 Å². The summed E-state index contributed by atoms with van der Waals surface area (Å²) in [5.41, 5.74) is 5.43. The minimum absolute atomic E-state index is 0.0387. The Kier molecular flexibility index (Phi) is 4.73. The molecule has 1 aromatic carbocycles. The van der Waals surface area contributed by atoms with E-state index < -0.39 is 17.7 Å². The third kappa shape index (κ3) is 3.72. The normalized spacial score (nSPS) is 20.9. The first kappa shape index (κ1) is 20.8. The monoisotopic (exact) mass is 428 g/mol. The van der Waals surface area contributed by atoms with Crippen LogP contribution < -0.4 is 5.73 Å². The first-order valence-corrected chi connectivity index (χ1v) is 9.61. The lowest BCUT2D eigenvalue weighted by Crippen LogP contribution is -2.33. The van der Waals surface area contributed by atoms with E-state index >= 15 is 0 Å². The summed E-state index contributed by atoms with van der Waals surface area (Å²) in [6.07, 6.45) is -3.75. The van der Waals surface area contributed by atoms with E-state index in [0.717, 1.165) is 12.1 Å². The van der Waals surface area contributed by atoms with Crippen LogP contribution in [0.3, 0.4) is 0 Å². The zero-order valence-electron chi connectivity index (χ0n) is 16.8. The van der Waals surface area contributed by atoms with Crippen LogP contribution in [0.4, 0.5) is 13.2 Å². The first-order valence-electron chi connectivity index (χ1n) is 9.61. The van der Waals surface area contributed by atoms with Crippen LogP contribution in [0.15, 0.2) is 63.6 Å². The third-order valence-electron chi connectivity index (χ3n) is 5.46. The van der Waals surface area contributed by atoms with Gasteiger partial charge in [0.2, 0.25) is 5.88 Å². The maximum absolute atomic E-state index is 13.1. The summed E-state index contributed by atoms with van der Waals surface area (Å²) in [7, 11) is 0. The highest BCUT2D eigenvalue weighted by atomic mass is 19.4. The summed E-state index contributed by atoms with van der Waals surface area (Å²) in [5, 5.41) is 9.65. The molecule has 1 atom stereocenters. The molecule has 1 aromatic heterocycles. The lowest BCUT2D eigenvalue weighted by atomic mass is 9.71. The highest BCUT2D eigenvalue weighted by Gasteiger charge is 2.44. The van der Waals surface area contributed by atoms with Gasteiger partial charge in [-0.3, -0.25) is 4.79 Å². The van der Waals surface area contributed by atoms with Crippen molar-refractivity contribution >= 4 is 5.78 Å². The van der Waals surface area contributed by atoms with Crippen molar-refractivity contribution < 1.29 is 27.1 Å². The summed E-state index contributed by atoms with van der Waals surface area (Å²) >= 11 is 0. The van der Waals surface area contributed by atoms with Crippen LogP contribution in [-0.2, 0) is 15.7 Å². The van der Waals surface area contributed by atoms with Gasteiger partial charge in [-0.25, -0.2) is 0 Å². The molecule has 2 N–H and O–H groups in total. The maximum Gasteiger partial charge on any atom is 0.416 e. The highest BCUT2D eigenvalue weighted by Crippen LogP contribution is 2.48. The SMILES string of the molecule is CC1(C)CC(=O)C2=C(C1)OC(N)=C(C#N)[C@H]2c1ccc(-c2cccc(C(F)(F)F)c2)o1. The second-order valence-corrected chi connectivity index (χ2v) is 8.48. The molecule has 1 aliphatic heterocycles. The van der Waals surface area contributed by atoms with Crippen molar-refractivity contribution in [2.24, 2.45) is 11.1 Å². The zero-order chi connectivity index (χ0) is 22.6. The van der Waals surface area contributed by atoms with E-state index in [1.54, 1.807) is 6.07 Å². The molecular formula is C23H19F3N2O3. The van der Waals surface area contributed by atoms with E-state index in [0.29, 0.717) is 17.8 Å². The van der Waals surface area contributed by atoms with Gasteiger partial charge in [0.15, 0.2) is 5.78 Å². The minimum atomic E-state index is -4.49. The van der Waals surface area contributed by atoms with Crippen LogP contribution in [0.25, 0.3) is 11.3 Å². The molecule has 4 rings (SSSR count). The van der Waals surface area contributed by atoms with Crippen LogP contribution in [0, 0.1) is 16.7 Å². The number of benzene rings is 1. The van der Waals surface area contributed by atoms with Crippen molar-refractivity contribution in [3.05, 3.63) is 70.5 Å². The van der Waals surface area contributed by atoms with Gasteiger partial charge in [0.05, 0.1) is 11.5 Å². The molecule has 1 aliphatic carbocycles. The summed E-state index contributed by atoms with van der Waals surface area (Å²) in [5.74, 6) is -0.302. The van der Waals surface area contributed by atoms with Gasteiger partial charge >= 0.3 is 6.18 Å². The molecule has 160 valence electrons. The van der Waals surface area contributed by atoms with Crippen LogP contribution in [0.5, 0.6) is 0 Å². The van der Waals surface area contributed by atoms with Gasteiger partial charge in [0.1, 0.15) is 28.9 Å². The molecule has 5 nitrogen and oxygen atoms in total. The van der Waals surface area contributed by atoms with Gasteiger partial charge in [-0.15, -0.1) is 0 Å². The number of hydrogen-bond donors (Lipinski definition) is 1. The Hall–Kier alpha value is -3.47. The molecule has 0 bridgehead atoms. The number of Topliss-reactive ketones (excluding diaryl/α,β-unsaturated/α-hetero) is 1. The van der Waals surface area contributed by atoms with Crippen molar-refractivity contribution in [1.82, 2.24) is 0 Å². The Labute approximate surface area is 176 Å². The number of nitrogens with zero attached hydrogens (tertiary/aromatic N) is 1. The predicted molar refractivity (Wildman–Crippen MR) is 105 cm³/mol. The molecule has 2 aliphatic rings. The quantitative estimate of drug-likeness (QED) is 0.690. The Morgan fingerprint density at radius 2 is 1.94 bits per heavy atom. The number of halogens is 3. The van der Waals surface area contributed by atoms with Crippen molar-refractivity contribution in [1.29, 1.82) is 5.26 Å². The molecule has 0 unspecified atom stereocenters. The van der Waals surface area contributed by atoms with E-state index in [2.05, 4.69) is 0 Å². The summed E-state index contributed by atoms with van der Waals surface area (Å²) in [4.78, 5) is 13.0. The number of carbonyl (C=O) groups excluding carboxylic acids is 1. The number of nitrogens with two attached hydrogens (primary N) is 1. The largest absolute Gasteiger partial charge is 0.460 e. The summed E-state index contributed by atoms with van der Waals surface area (Å²) in [6, 6.07) is 9.81. The fraction of sp³-hybridized carbons (Fsp3) is 0.304. The Bertz CT molecular complexity index is 1180. The Morgan fingerprint density at radius 3 is 2.61 bits per heavy atom. The van der Waals surface area contributed by atoms with Crippen LogP contribution in [0.1, 0.15) is 43.9 Å². The molecule has 2 aromatic rings. The first-order chi connectivity index (χ1) is 14.5. The topological polar surface area (TPSA) is 89.2 Å². The molecule has 0 fully saturated rings. The molecule has 31 heavy (non-hydrogen) atoms. The molecular weight excluding hydrogens is 409 g/mol. The number of carbonyl (C=O) groups is 1. The van der Waals surface area contributed by atoms with Crippen molar-refractivity contribution in [2.45, 2.75) is 38.8 Å². The molecule has 0 radical (unpaired) electrons. The Balaban J connectivity index is 1.79. The minimum Gasteiger partial charge on any atom is -0.460 e. The highest BCUT2D eigenvalue weighted by molar-refractivity contribution is 5.99. The molecule has 8 heteroatoms. The molecule has 0 spiro atoms. The lowest BCUT2D eigenvalue weighted by Gasteiger charge is -2.36. The van der Waals surface area contributed by atoms with Crippen molar-refractivity contribution in [3.63, 3.8) is 0 Å². The standard InChI is InChI=1S/C23H19F3N2O3/c1-22(2)9-15(29)20-18(10-22)31-21(28)14(11-27)19(20)17-7-6-16(30-17)12-4-3-5-13(8-12)23(24,25)26/h3-8,19H,9-10,28H2,1-2H3/t19-/m0/s1. The number of alkyl halides is 3. The van der Waals surface area contributed by atoms with Crippen LogP contribution >= 0.6 is 0 Å². The number of nitriles is 1. The molecule has 0 amide bonds. The van der Waals surface area contributed by atoms with Crippen molar-refractivity contribution in [3.8, 4) is 17.4 Å². The van der Waals surface area contributed by atoms with Gasteiger partial charge in [0.25, 0.3) is 0 Å². The number of rotatable bonds is 2. The number of furan rings is 1. The van der Waals surface area contributed by atoms with Crippen LogP contribution in [-0.4, -0.2) is 5.78 Å². The Morgan fingerprint density at radius 1 is 1.19 bits per heavy atom. The lowest BCUT2D eigenvalue weighted by molar-refractivity contribution is -0.137. The third-order valence-corrected chi connectivity index (χ3v) is 5.46. The van der Waals surface area contributed by atoms with Crippen LogP contribution in [0.2, 0.25) is 0 Å². The van der Waals surface area contributed by atoms with Crippen molar-refractivity contribution in [2.75, 3.05) is 0 Å². The van der Waals surface area contributed by atoms with E-state index in [1.165, 1.54) is 18.2 Å². The summed E-state index contributed by atoms with van der Waals surface area (Å²) < 4.78 is 50.7. The van der Waals surface area contributed by atoms with E-state index in [1.807, 2.05) is 19.9 Å². The fourth-order valence-electron chi connectivity index (χ4n) is 4.08. The number of ketones is 1. The maximum atomic E-state index is 13.1. The second kappa shape index (κ2) is 7.05. The second-order valence-electron chi connectivity index (χ2n) is 8.48. The predicted octanol–water partition coefficient (Wildman–Crippen LogP) is 5.42. The molecule has 0 saturated heterocycles. The molecule has 2 heterocycles. The van der Waals surface area contributed by atoms with Gasteiger partial charge in [-0.05, 0) is 29.7 Å². The summed E-state index contributed by atoms with van der Waals surface area (Å²) in [6.45, 7) is 3.87. The number of hydrogen-bond acceptors (Lipinski definition) is 5. The van der Waals surface area contributed by atoms with Gasteiger partial charge in [-0.2, -0.15) is 18.4 Å². The fourth-order valence-corrected chi connectivity index (χ4v) is 4.08. The smallest absolute Gasteiger partial charge is 0.416 e. The van der Waals surface area contributed by atoms with Gasteiger partial charge in [-0.1, -0.05) is 26.0 Å². The average Bonchev–Trinajstić information content (AvgIpc) is 3.15. The molecule has 0 saturated carbocycles. The van der Waals surface area contributed by atoms with E-state index in [-0.39, 0.29) is 46.2 Å². The number of allylic oxidation sites excluding steroid dienone is 3. The average molecular weight is 428 g/mol. The number of ether oxygens (including phenoxy) is 1. The zero-order valence-corrected chi connectivity index (χ0v) is 16.8. The van der Waals surface area contributed by atoms with Gasteiger partial charge < -0.3 is 14.9 Å². The van der Waals surface area contributed by atoms with E-state index in [9.17, 15) is 23.2 Å². The van der Waals surface area contributed by atoms with Gasteiger partial charge in [0, 0.05) is 24.0 Å².